The van der Waals surface area contributed by atoms with Crippen LogP contribution in [0.4, 0.5) is 5.69 Å². The molecular formula is C18H26N2. The van der Waals surface area contributed by atoms with Gasteiger partial charge in [-0.1, -0.05) is 12.1 Å². The highest BCUT2D eigenvalue weighted by Crippen LogP contribution is 2.20. The average Bonchev–Trinajstić information content (AvgIpc) is 2.52. The molecule has 1 aliphatic rings. The van der Waals surface area contributed by atoms with Crippen molar-refractivity contribution in [3.05, 3.63) is 29.8 Å². The number of terminal acetylenes is 1. The number of anilines is 1. The molecule has 108 valence electrons. The van der Waals surface area contributed by atoms with Crippen molar-refractivity contribution >= 4 is 5.69 Å². The van der Waals surface area contributed by atoms with Crippen molar-refractivity contribution in [2.75, 3.05) is 24.5 Å². The lowest BCUT2D eigenvalue weighted by atomic mass is 10.1. The molecule has 0 amide bonds. The molecule has 1 heterocycles. The molecule has 2 nitrogen and oxygen atoms in total. The zero-order valence-corrected chi connectivity index (χ0v) is 12.4. The standard InChI is InChI=1S/C18H26N2/c1-2-3-4-6-13-19-16-17-9-11-18(12-10-17)20-14-7-5-8-15-20/h1,9-12,19H,3-8,13-16H2. The SMILES string of the molecule is C#CCCCCNCc1ccc(N2CCCCC2)cc1. The van der Waals surface area contributed by atoms with Crippen LogP contribution in [0.1, 0.15) is 44.1 Å². The van der Waals surface area contributed by atoms with Gasteiger partial charge in [-0.15, -0.1) is 12.3 Å². The third-order valence-corrected chi connectivity index (χ3v) is 3.91. The van der Waals surface area contributed by atoms with Crippen molar-refractivity contribution in [1.82, 2.24) is 5.32 Å². The van der Waals surface area contributed by atoms with E-state index in [4.69, 9.17) is 6.42 Å². The molecule has 1 fully saturated rings. The molecule has 0 radical (unpaired) electrons. The van der Waals surface area contributed by atoms with Gasteiger partial charge in [0.15, 0.2) is 0 Å². The molecule has 1 aromatic rings. The molecule has 1 saturated heterocycles. The van der Waals surface area contributed by atoms with Crippen LogP contribution in [0, 0.1) is 12.3 Å². The molecule has 1 aromatic carbocycles. The number of nitrogens with zero attached hydrogens (tertiary/aromatic N) is 1. The van der Waals surface area contributed by atoms with Crippen LogP contribution in [0.15, 0.2) is 24.3 Å². The topological polar surface area (TPSA) is 15.3 Å². The highest BCUT2D eigenvalue weighted by atomic mass is 15.1. The smallest absolute Gasteiger partial charge is 0.0366 e. The van der Waals surface area contributed by atoms with E-state index in [0.29, 0.717) is 0 Å². The van der Waals surface area contributed by atoms with Crippen LogP contribution in [-0.2, 0) is 6.54 Å². The van der Waals surface area contributed by atoms with Gasteiger partial charge in [-0.3, -0.25) is 0 Å². The molecule has 20 heavy (non-hydrogen) atoms. The van der Waals surface area contributed by atoms with E-state index < -0.39 is 0 Å². The number of piperidine rings is 1. The largest absolute Gasteiger partial charge is 0.372 e. The first kappa shape index (κ1) is 14.9. The lowest BCUT2D eigenvalue weighted by molar-refractivity contribution is 0.577. The summed E-state index contributed by atoms with van der Waals surface area (Å²) in [6.45, 7) is 4.44. The van der Waals surface area contributed by atoms with Gasteiger partial charge in [-0.25, -0.2) is 0 Å². The maximum Gasteiger partial charge on any atom is 0.0366 e. The Balaban J connectivity index is 1.70. The Morgan fingerprint density at radius 2 is 1.80 bits per heavy atom. The minimum absolute atomic E-state index is 0.895. The Morgan fingerprint density at radius 1 is 1.05 bits per heavy atom. The van der Waals surface area contributed by atoms with Crippen LogP contribution >= 0.6 is 0 Å². The quantitative estimate of drug-likeness (QED) is 0.602. The number of rotatable bonds is 7. The fourth-order valence-electron chi connectivity index (χ4n) is 2.69. The van der Waals surface area contributed by atoms with E-state index in [0.717, 1.165) is 32.4 Å². The Morgan fingerprint density at radius 3 is 2.50 bits per heavy atom. The molecule has 1 aliphatic heterocycles. The third kappa shape index (κ3) is 4.90. The van der Waals surface area contributed by atoms with Crippen molar-refractivity contribution in [2.24, 2.45) is 0 Å². The van der Waals surface area contributed by atoms with E-state index in [1.165, 1.54) is 43.6 Å². The molecule has 1 N–H and O–H groups in total. The predicted molar refractivity (Wildman–Crippen MR) is 86.9 cm³/mol. The molecule has 0 bridgehead atoms. The van der Waals surface area contributed by atoms with Gasteiger partial charge in [0.2, 0.25) is 0 Å². The highest BCUT2D eigenvalue weighted by Gasteiger charge is 2.10. The molecule has 2 rings (SSSR count). The van der Waals surface area contributed by atoms with Crippen LogP contribution in [-0.4, -0.2) is 19.6 Å². The van der Waals surface area contributed by atoms with Gasteiger partial charge in [-0.2, -0.15) is 0 Å². The Bertz CT molecular complexity index is 410. The average molecular weight is 270 g/mol. The number of benzene rings is 1. The van der Waals surface area contributed by atoms with Crippen LogP contribution in [0.25, 0.3) is 0 Å². The molecule has 0 unspecified atom stereocenters. The van der Waals surface area contributed by atoms with E-state index in [1.54, 1.807) is 0 Å². The monoisotopic (exact) mass is 270 g/mol. The number of hydrogen-bond donors (Lipinski definition) is 1. The summed E-state index contributed by atoms with van der Waals surface area (Å²) in [5.74, 6) is 2.68. The fraction of sp³-hybridized carbons (Fsp3) is 0.556. The predicted octanol–water partition coefficient (Wildman–Crippen LogP) is 3.57. The normalized spacial score (nSPS) is 15.1. The summed E-state index contributed by atoms with van der Waals surface area (Å²) in [7, 11) is 0. The second kappa shape index (κ2) is 8.66. The van der Waals surface area contributed by atoms with Crippen LogP contribution < -0.4 is 10.2 Å². The van der Waals surface area contributed by atoms with Crippen molar-refractivity contribution in [3.63, 3.8) is 0 Å². The van der Waals surface area contributed by atoms with Gasteiger partial charge in [0, 0.05) is 31.7 Å². The minimum Gasteiger partial charge on any atom is -0.372 e. The van der Waals surface area contributed by atoms with Crippen LogP contribution in [0.2, 0.25) is 0 Å². The van der Waals surface area contributed by atoms with E-state index in [1.807, 2.05) is 0 Å². The van der Waals surface area contributed by atoms with Gasteiger partial charge in [-0.05, 0) is 56.3 Å². The first-order valence-corrected chi connectivity index (χ1v) is 7.88. The summed E-state index contributed by atoms with van der Waals surface area (Å²) in [6.07, 6.45) is 12.5. The fourth-order valence-corrected chi connectivity index (χ4v) is 2.69. The molecule has 0 aromatic heterocycles. The van der Waals surface area contributed by atoms with E-state index >= 15 is 0 Å². The van der Waals surface area contributed by atoms with Gasteiger partial charge in [0.05, 0.1) is 0 Å². The van der Waals surface area contributed by atoms with E-state index in [2.05, 4.69) is 40.4 Å². The van der Waals surface area contributed by atoms with Crippen LogP contribution in [0.3, 0.4) is 0 Å². The molecule has 2 heteroatoms. The molecule has 0 atom stereocenters. The van der Waals surface area contributed by atoms with Crippen molar-refractivity contribution in [3.8, 4) is 12.3 Å². The lowest BCUT2D eigenvalue weighted by Crippen LogP contribution is -2.29. The van der Waals surface area contributed by atoms with Crippen molar-refractivity contribution in [1.29, 1.82) is 0 Å². The summed E-state index contributed by atoms with van der Waals surface area (Å²) in [5.41, 5.74) is 2.74. The summed E-state index contributed by atoms with van der Waals surface area (Å²) < 4.78 is 0. The summed E-state index contributed by atoms with van der Waals surface area (Å²) in [6, 6.07) is 9.03. The molecule has 0 spiro atoms. The zero-order valence-electron chi connectivity index (χ0n) is 12.4. The summed E-state index contributed by atoms with van der Waals surface area (Å²) >= 11 is 0. The maximum atomic E-state index is 5.24. The number of hydrogen-bond acceptors (Lipinski definition) is 2. The molecule has 0 saturated carbocycles. The highest BCUT2D eigenvalue weighted by molar-refractivity contribution is 5.47. The first-order valence-electron chi connectivity index (χ1n) is 7.88. The number of unbranched alkanes of at least 4 members (excludes halogenated alkanes) is 2. The summed E-state index contributed by atoms with van der Waals surface area (Å²) in [5, 5.41) is 3.48. The van der Waals surface area contributed by atoms with Gasteiger partial charge < -0.3 is 10.2 Å². The van der Waals surface area contributed by atoms with E-state index in [-0.39, 0.29) is 0 Å². The van der Waals surface area contributed by atoms with Gasteiger partial charge >= 0.3 is 0 Å². The van der Waals surface area contributed by atoms with Gasteiger partial charge in [0.1, 0.15) is 0 Å². The second-order valence-electron chi connectivity index (χ2n) is 5.55. The minimum atomic E-state index is 0.895. The maximum absolute atomic E-state index is 5.24. The third-order valence-electron chi connectivity index (χ3n) is 3.91. The Kier molecular flexibility index (Phi) is 6.47. The molecular weight excluding hydrogens is 244 g/mol. The zero-order chi connectivity index (χ0) is 14.0. The number of nitrogens with one attached hydrogen (secondary N) is 1. The Labute approximate surface area is 123 Å². The van der Waals surface area contributed by atoms with Gasteiger partial charge in [0.25, 0.3) is 0 Å². The first-order chi connectivity index (χ1) is 9.90. The molecule has 0 aliphatic carbocycles. The summed E-state index contributed by atoms with van der Waals surface area (Å²) in [4.78, 5) is 2.50. The second-order valence-corrected chi connectivity index (χ2v) is 5.55. The van der Waals surface area contributed by atoms with Crippen molar-refractivity contribution < 1.29 is 0 Å². The van der Waals surface area contributed by atoms with Crippen LogP contribution in [0.5, 0.6) is 0 Å². The Hall–Kier alpha value is -1.46. The lowest BCUT2D eigenvalue weighted by Gasteiger charge is -2.28. The van der Waals surface area contributed by atoms with E-state index in [9.17, 15) is 0 Å². The van der Waals surface area contributed by atoms with Crippen molar-refractivity contribution in [2.45, 2.75) is 45.1 Å².